The minimum absolute atomic E-state index is 0.372. The van der Waals surface area contributed by atoms with Crippen molar-refractivity contribution in [3.8, 4) is 0 Å². The van der Waals surface area contributed by atoms with E-state index in [1.54, 1.807) is 12.1 Å². The summed E-state index contributed by atoms with van der Waals surface area (Å²) < 4.78 is 4.73. The van der Waals surface area contributed by atoms with Crippen LogP contribution in [0.5, 0.6) is 0 Å². The summed E-state index contributed by atoms with van der Waals surface area (Å²) in [4.78, 5) is 9.66. The molecule has 0 radical (unpaired) electrons. The summed E-state index contributed by atoms with van der Waals surface area (Å²) in [6, 6.07) is 3.20. The largest absolute Gasteiger partial charge is 0.463 e. The summed E-state index contributed by atoms with van der Waals surface area (Å²) in [6.07, 6.45) is 2.46. The Balaban J connectivity index is 2.64. The number of nitrogens with zero attached hydrogens (tertiary/aromatic N) is 2. The molecule has 0 aliphatic heterocycles. The zero-order valence-corrected chi connectivity index (χ0v) is 4.93. The van der Waals surface area contributed by atoms with Crippen molar-refractivity contribution in [2.45, 2.75) is 0 Å². The highest BCUT2D eigenvalue weighted by Crippen LogP contribution is 1.94. The summed E-state index contributed by atoms with van der Waals surface area (Å²) in [5.41, 5.74) is 0. The van der Waals surface area contributed by atoms with E-state index in [4.69, 9.17) is 4.42 Å². The molecule has 5 nitrogen and oxygen atoms in total. The quantitative estimate of drug-likeness (QED) is 0.348. The normalized spacial score (nSPS) is 10.4. The molecule has 52 valence electrons. The lowest BCUT2D eigenvalue weighted by Crippen LogP contribution is -1.85. The fraction of sp³-hybridized carbons (Fsp3) is 0. The van der Waals surface area contributed by atoms with Crippen LogP contribution in [-0.4, -0.2) is 11.2 Å². The molecule has 0 spiro atoms. The van der Waals surface area contributed by atoms with Crippen molar-refractivity contribution in [2.24, 2.45) is 5.10 Å². The molecule has 0 aliphatic carbocycles. The molecular weight excluding hydrogens is 136 g/mol. The lowest BCUT2D eigenvalue weighted by Gasteiger charge is -1.75. The second kappa shape index (κ2) is 2.77. The maximum atomic E-state index is 9.66. The molecule has 1 rings (SSSR count). The first-order chi connectivity index (χ1) is 4.79. The number of rotatable bonds is 2. The molecule has 0 N–H and O–H groups in total. The van der Waals surface area contributed by atoms with Gasteiger partial charge in [0.05, 0.1) is 11.4 Å². The molecule has 0 fully saturated rings. The van der Waals surface area contributed by atoms with Gasteiger partial charge in [-0.25, -0.2) is 10.1 Å². The SMILES string of the molecule is O=[N+]([O-])N=Cc1ccco1. The highest BCUT2D eigenvalue weighted by molar-refractivity contribution is 5.74. The van der Waals surface area contributed by atoms with E-state index in [2.05, 4.69) is 5.10 Å². The van der Waals surface area contributed by atoms with E-state index in [1.165, 1.54) is 6.26 Å². The molecule has 0 bridgehead atoms. The maximum absolute atomic E-state index is 9.66. The third kappa shape index (κ3) is 1.70. The molecule has 1 aromatic heterocycles. The van der Waals surface area contributed by atoms with Crippen molar-refractivity contribution in [3.05, 3.63) is 34.3 Å². The molecule has 5 heteroatoms. The van der Waals surface area contributed by atoms with Crippen LogP contribution in [0.1, 0.15) is 5.76 Å². The van der Waals surface area contributed by atoms with E-state index in [1.807, 2.05) is 0 Å². The maximum Gasteiger partial charge on any atom is 0.190 e. The van der Waals surface area contributed by atoms with Crippen LogP contribution in [0.3, 0.4) is 0 Å². The van der Waals surface area contributed by atoms with Crippen molar-refractivity contribution in [1.82, 2.24) is 0 Å². The molecule has 0 saturated heterocycles. The van der Waals surface area contributed by atoms with Gasteiger partial charge in [-0.1, -0.05) is 0 Å². The van der Waals surface area contributed by atoms with Gasteiger partial charge >= 0.3 is 0 Å². The molecule has 0 amide bonds. The van der Waals surface area contributed by atoms with Gasteiger partial charge < -0.3 is 4.42 Å². The minimum Gasteiger partial charge on any atom is -0.463 e. The third-order valence-corrected chi connectivity index (χ3v) is 0.822. The number of nitro groups is 1. The molecule has 0 unspecified atom stereocenters. The Morgan fingerprint density at radius 1 is 1.80 bits per heavy atom. The Hall–Kier alpha value is -1.65. The van der Waals surface area contributed by atoms with Crippen LogP contribution in [0.2, 0.25) is 0 Å². The van der Waals surface area contributed by atoms with Crippen molar-refractivity contribution in [2.75, 3.05) is 0 Å². The Bertz CT molecular complexity index is 239. The predicted molar refractivity (Wildman–Crippen MR) is 33.3 cm³/mol. The average Bonchev–Trinajstić information content (AvgIpc) is 2.34. The third-order valence-electron chi connectivity index (χ3n) is 0.822. The molecule has 1 aromatic rings. The first-order valence-corrected chi connectivity index (χ1v) is 2.51. The van der Waals surface area contributed by atoms with Gasteiger partial charge in [0.25, 0.3) is 0 Å². The fourth-order valence-corrected chi connectivity index (χ4v) is 0.469. The van der Waals surface area contributed by atoms with Crippen LogP contribution in [0.4, 0.5) is 0 Å². The number of furan rings is 1. The lowest BCUT2D eigenvalue weighted by molar-refractivity contribution is -0.484. The smallest absolute Gasteiger partial charge is 0.190 e. The van der Waals surface area contributed by atoms with Crippen LogP contribution in [-0.2, 0) is 0 Å². The first kappa shape index (κ1) is 6.47. The van der Waals surface area contributed by atoms with Gasteiger partial charge in [-0.05, 0) is 12.1 Å². The summed E-state index contributed by atoms with van der Waals surface area (Å²) in [6.45, 7) is 0. The van der Waals surface area contributed by atoms with Crippen LogP contribution < -0.4 is 0 Å². The molecule has 10 heavy (non-hydrogen) atoms. The molecular formula is C5H4N2O3. The zero-order chi connectivity index (χ0) is 7.40. The number of hydrazone groups is 1. The summed E-state index contributed by atoms with van der Waals surface area (Å²) in [5, 5.41) is 11.7. The van der Waals surface area contributed by atoms with Gasteiger partial charge in [0.1, 0.15) is 6.21 Å². The van der Waals surface area contributed by atoms with E-state index in [-0.39, 0.29) is 0 Å². The van der Waals surface area contributed by atoms with E-state index < -0.39 is 5.03 Å². The second-order valence-corrected chi connectivity index (χ2v) is 1.50. The van der Waals surface area contributed by atoms with Gasteiger partial charge in [0.2, 0.25) is 0 Å². The van der Waals surface area contributed by atoms with Crippen molar-refractivity contribution in [3.63, 3.8) is 0 Å². The zero-order valence-electron chi connectivity index (χ0n) is 4.93. The Morgan fingerprint density at radius 2 is 2.60 bits per heavy atom. The first-order valence-electron chi connectivity index (χ1n) is 2.51. The van der Waals surface area contributed by atoms with E-state index in [9.17, 15) is 10.1 Å². The fourth-order valence-electron chi connectivity index (χ4n) is 0.469. The van der Waals surface area contributed by atoms with Crippen LogP contribution in [0.25, 0.3) is 0 Å². The van der Waals surface area contributed by atoms with Crippen molar-refractivity contribution >= 4 is 6.21 Å². The molecule has 0 aromatic carbocycles. The van der Waals surface area contributed by atoms with Gasteiger partial charge in [-0.15, -0.1) is 0 Å². The van der Waals surface area contributed by atoms with Gasteiger partial charge in [0, 0.05) is 0 Å². The minimum atomic E-state index is -0.789. The lowest BCUT2D eigenvalue weighted by atomic mass is 10.5. The average molecular weight is 140 g/mol. The predicted octanol–water partition coefficient (Wildman–Crippen LogP) is 0.890. The molecule has 0 aliphatic rings. The van der Waals surface area contributed by atoms with Crippen LogP contribution in [0, 0.1) is 10.1 Å². The highest BCUT2D eigenvalue weighted by atomic mass is 16.7. The number of hydrogen-bond donors (Lipinski definition) is 0. The van der Waals surface area contributed by atoms with Gasteiger partial charge in [0.15, 0.2) is 10.8 Å². The summed E-state index contributed by atoms with van der Waals surface area (Å²) >= 11 is 0. The van der Waals surface area contributed by atoms with Gasteiger partial charge in [-0.2, -0.15) is 0 Å². The van der Waals surface area contributed by atoms with Crippen molar-refractivity contribution in [1.29, 1.82) is 0 Å². The Morgan fingerprint density at radius 3 is 3.10 bits per heavy atom. The van der Waals surface area contributed by atoms with E-state index in [0.717, 1.165) is 6.21 Å². The van der Waals surface area contributed by atoms with Crippen LogP contribution in [0.15, 0.2) is 27.9 Å². The van der Waals surface area contributed by atoms with Crippen molar-refractivity contribution < 1.29 is 9.45 Å². The topological polar surface area (TPSA) is 68.6 Å². The van der Waals surface area contributed by atoms with E-state index >= 15 is 0 Å². The standard InChI is InChI=1S/C5H4N2O3/c8-7(9)6-4-5-2-1-3-10-5/h1-4H. The Kier molecular flexibility index (Phi) is 1.79. The van der Waals surface area contributed by atoms with Gasteiger partial charge in [-0.3, -0.25) is 0 Å². The second-order valence-electron chi connectivity index (χ2n) is 1.50. The van der Waals surface area contributed by atoms with Crippen LogP contribution >= 0.6 is 0 Å². The molecule has 0 atom stereocenters. The highest BCUT2D eigenvalue weighted by Gasteiger charge is 1.91. The summed E-state index contributed by atoms with van der Waals surface area (Å²) in [7, 11) is 0. The molecule has 1 heterocycles. The monoisotopic (exact) mass is 140 g/mol. The Labute approximate surface area is 56.1 Å². The number of hydrogen-bond acceptors (Lipinski definition) is 3. The molecule has 0 saturated carbocycles. The summed E-state index contributed by atoms with van der Waals surface area (Å²) in [5.74, 6) is 0.372. The van der Waals surface area contributed by atoms with E-state index in [0.29, 0.717) is 5.76 Å².